The molecule has 3 aromatic rings. The maximum Gasteiger partial charge on any atom is 0.420 e. The van der Waals surface area contributed by atoms with Gasteiger partial charge in [0.25, 0.3) is 0 Å². The molecule has 0 aliphatic carbocycles. The van der Waals surface area contributed by atoms with Crippen LogP contribution in [0.15, 0.2) is 33.5 Å². The molecule has 0 saturated heterocycles. The summed E-state index contributed by atoms with van der Waals surface area (Å²) in [5.74, 6) is -1.22. The first-order valence-electron chi connectivity index (χ1n) is 7.62. The minimum absolute atomic E-state index is 0.141. The van der Waals surface area contributed by atoms with Crippen LogP contribution in [0.5, 0.6) is 0 Å². The molecule has 2 heterocycles. The van der Waals surface area contributed by atoms with Gasteiger partial charge >= 0.3 is 11.9 Å². The summed E-state index contributed by atoms with van der Waals surface area (Å²) in [5, 5.41) is 0.375. The van der Waals surface area contributed by atoms with Crippen LogP contribution < -0.4 is 5.76 Å². The Morgan fingerprint density at radius 1 is 1.19 bits per heavy atom. The highest BCUT2D eigenvalue weighted by Gasteiger charge is 2.30. The number of hydrogen-bond donors (Lipinski definition) is 0. The van der Waals surface area contributed by atoms with Crippen molar-refractivity contribution >= 4 is 28.5 Å². The van der Waals surface area contributed by atoms with Gasteiger partial charge in [0.05, 0.1) is 12.1 Å². The first-order chi connectivity index (χ1) is 12.1. The van der Waals surface area contributed by atoms with Gasteiger partial charge < -0.3 is 8.98 Å². The van der Waals surface area contributed by atoms with E-state index in [0.717, 1.165) is 9.13 Å². The zero-order valence-corrected chi connectivity index (χ0v) is 14.6. The number of hydrogen-bond acceptors (Lipinski definition) is 3. The van der Waals surface area contributed by atoms with Crippen LogP contribution in [0.4, 0.5) is 13.2 Å². The number of alkyl halides is 3. The Bertz CT molecular complexity index is 1060. The first kappa shape index (κ1) is 18.3. The Hall–Kier alpha value is -2.48. The van der Waals surface area contributed by atoms with Gasteiger partial charge in [-0.05, 0) is 32.0 Å². The van der Waals surface area contributed by atoms with Gasteiger partial charge in [-0.2, -0.15) is 13.2 Å². The smallest absolute Gasteiger partial charge is 0.408 e. The quantitative estimate of drug-likeness (QED) is 0.634. The summed E-state index contributed by atoms with van der Waals surface area (Å²) in [6.45, 7) is 1.42. The van der Waals surface area contributed by atoms with Crippen molar-refractivity contribution in [1.29, 1.82) is 0 Å². The summed E-state index contributed by atoms with van der Waals surface area (Å²) < 4.78 is 45.3. The number of nitrogens with zero attached hydrogens (tertiary/aromatic N) is 2. The van der Waals surface area contributed by atoms with E-state index in [-0.39, 0.29) is 23.4 Å². The SMILES string of the molecule is Cc1cc(C(=O)Cn2c(=O)oc3cc(Cl)ccc32)c(C)n1CC(F)(F)F. The van der Waals surface area contributed by atoms with Crippen molar-refractivity contribution in [3.05, 3.63) is 56.8 Å². The van der Waals surface area contributed by atoms with Gasteiger partial charge in [0.1, 0.15) is 6.54 Å². The molecule has 0 N–H and O–H groups in total. The van der Waals surface area contributed by atoms with Gasteiger partial charge in [-0.3, -0.25) is 9.36 Å². The molecule has 2 aromatic heterocycles. The van der Waals surface area contributed by atoms with Gasteiger partial charge in [-0.15, -0.1) is 0 Å². The van der Waals surface area contributed by atoms with Crippen LogP contribution in [0.3, 0.4) is 0 Å². The van der Waals surface area contributed by atoms with Crippen LogP contribution in [-0.2, 0) is 13.1 Å². The molecule has 0 bridgehead atoms. The van der Waals surface area contributed by atoms with Crippen molar-refractivity contribution in [3.63, 3.8) is 0 Å². The number of rotatable bonds is 4. The average molecular weight is 387 g/mol. The highest BCUT2D eigenvalue weighted by Crippen LogP contribution is 2.24. The number of halogens is 4. The fraction of sp³-hybridized carbons (Fsp3) is 0.294. The van der Waals surface area contributed by atoms with E-state index in [0.29, 0.717) is 16.2 Å². The number of benzene rings is 1. The lowest BCUT2D eigenvalue weighted by molar-refractivity contribution is -0.141. The van der Waals surface area contributed by atoms with Gasteiger partial charge in [0.15, 0.2) is 11.4 Å². The number of aryl methyl sites for hydroxylation is 1. The van der Waals surface area contributed by atoms with Crippen LogP contribution in [0.25, 0.3) is 11.1 Å². The van der Waals surface area contributed by atoms with Gasteiger partial charge in [0.2, 0.25) is 0 Å². The minimum Gasteiger partial charge on any atom is -0.408 e. The monoisotopic (exact) mass is 386 g/mol. The zero-order chi connectivity index (χ0) is 19.2. The van der Waals surface area contributed by atoms with Crippen molar-refractivity contribution in [2.24, 2.45) is 0 Å². The van der Waals surface area contributed by atoms with E-state index in [1.54, 1.807) is 12.1 Å². The van der Waals surface area contributed by atoms with Gasteiger partial charge in [-0.25, -0.2) is 4.79 Å². The largest absolute Gasteiger partial charge is 0.420 e. The van der Waals surface area contributed by atoms with Crippen LogP contribution in [0, 0.1) is 13.8 Å². The number of aromatic nitrogens is 2. The molecular weight excluding hydrogens is 373 g/mol. The Morgan fingerprint density at radius 3 is 2.54 bits per heavy atom. The molecule has 0 saturated carbocycles. The first-order valence-corrected chi connectivity index (χ1v) is 8.00. The van der Waals surface area contributed by atoms with Crippen LogP contribution >= 0.6 is 11.6 Å². The van der Waals surface area contributed by atoms with Gasteiger partial charge in [-0.1, -0.05) is 11.6 Å². The maximum absolute atomic E-state index is 12.7. The predicted molar refractivity (Wildman–Crippen MR) is 89.8 cm³/mol. The summed E-state index contributed by atoms with van der Waals surface area (Å²) in [6.07, 6.45) is -4.40. The number of ketones is 1. The highest BCUT2D eigenvalue weighted by atomic mass is 35.5. The highest BCUT2D eigenvalue weighted by molar-refractivity contribution is 6.31. The average Bonchev–Trinajstić information content (AvgIpc) is 2.97. The number of oxazole rings is 1. The lowest BCUT2D eigenvalue weighted by Gasteiger charge is -2.12. The van der Waals surface area contributed by atoms with E-state index >= 15 is 0 Å². The third-order valence-electron chi connectivity index (χ3n) is 4.14. The lowest BCUT2D eigenvalue weighted by atomic mass is 10.1. The molecule has 0 aliphatic heterocycles. The summed E-state index contributed by atoms with van der Waals surface area (Å²) >= 11 is 5.84. The lowest BCUT2D eigenvalue weighted by Crippen LogP contribution is -2.22. The minimum atomic E-state index is -4.40. The molecule has 0 amide bonds. The number of Topliss-reactive ketones (excluding diaryl/α,β-unsaturated/α-hetero) is 1. The fourth-order valence-corrected chi connectivity index (χ4v) is 3.09. The Kier molecular flexibility index (Phi) is 4.47. The molecule has 9 heteroatoms. The van der Waals surface area contributed by atoms with Crippen molar-refractivity contribution in [1.82, 2.24) is 9.13 Å². The topological polar surface area (TPSA) is 57.1 Å². The maximum atomic E-state index is 12.7. The number of carbonyl (C=O) groups excluding carboxylic acids is 1. The van der Waals surface area contributed by atoms with Crippen molar-refractivity contribution < 1.29 is 22.4 Å². The second kappa shape index (κ2) is 6.35. The standard InChI is InChI=1S/C17H14ClF3N2O3/c1-9-5-12(10(2)23(9)8-17(19,20)21)14(24)7-22-13-4-3-11(18)6-15(13)26-16(22)25/h3-6H,7-8H2,1-2H3. The Labute approximate surface area is 150 Å². The normalized spacial score (nSPS) is 12.1. The second-order valence-electron chi connectivity index (χ2n) is 5.98. The molecule has 0 fully saturated rings. The molecule has 5 nitrogen and oxygen atoms in total. The summed E-state index contributed by atoms with van der Waals surface area (Å²) in [6, 6.07) is 5.94. The number of fused-ring (bicyclic) bond motifs is 1. The molecule has 26 heavy (non-hydrogen) atoms. The van der Waals surface area contributed by atoms with E-state index in [1.165, 1.54) is 26.0 Å². The second-order valence-corrected chi connectivity index (χ2v) is 6.41. The number of carbonyl (C=O) groups is 1. The Balaban J connectivity index is 1.96. The van der Waals surface area contributed by atoms with Crippen molar-refractivity contribution in [2.45, 2.75) is 33.1 Å². The van der Waals surface area contributed by atoms with Crippen LogP contribution in [0.2, 0.25) is 5.02 Å². The van der Waals surface area contributed by atoms with Crippen molar-refractivity contribution in [3.8, 4) is 0 Å². The zero-order valence-electron chi connectivity index (χ0n) is 13.9. The molecule has 0 unspecified atom stereocenters. The molecule has 0 radical (unpaired) electrons. The van der Waals surface area contributed by atoms with E-state index in [4.69, 9.17) is 16.0 Å². The summed E-state index contributed by atoms with van der Waals surface area (Å²) in [4.78, 5) is 24.6. The summed E-state index contributed by atoms with van der Waals surface area (Å²) in [5.41, 5.74) is 1.28. The third kappa shape index (κ3) is 3.41. The van der Waals surface area contributed by atoms with E-state index in [9.17, 15) is 22.8 Å². The molecule has 0 atom stereocenters. The summed E-state index contributed by atoms with van der Waals surface area (Å²) in [7, 11) is 0. The molecule has 0 spiro atoms. The molecule has 0 aliphatic rings. The molecule has 3 rings (SSSR count). The third-order valence-corrected chi connectivity index (χ3v) is 4.38. The van der Waals surface area contributed by atoms with Gasteiger partial charge in [0, 0.05) is 28.0 Å². The van der Waals surface area contributed by atoms with Crippen molar-refractivity contribution in [2.75, 3.05) is 0 Å². The predicted octanol–water partition coefficient (Wildman–Crippen LogP) is 4.11. The van der Waals surface area contributed by atoms with E-state index in [1.807, 2.05) is 0 Å². The molecule has 1 aromatic carbocycles. The fourth-order valence-electron chi connectivity index (χ4n) is 2.92. The molecule has 138 valence electrons. The van der Waals surface area contributed by atoms with E-state index in [2.05, 4.69) is 0 Å². The Morgan fingerprint density at radius 2 is 1.88 bits per heavy atom. The van der Waals surface area contributed by atoms with E-state index < -0.39 is 24.3 Å². The van der Waals surface area contributed by atoms with Crippen LogP contribution in [0.1, 0.15) is 21.7 Å². The molecular formula is C17H14ClF3N2O3. The van der Waals surface area contributed by atoms with Crippen LogP contribution in [-0.4, -0.2) is 21.1 Å².